The van der Waals surface area contributed by atoms with Gasteiger partial charge in [0.05, 0.1) is 12.6 Å². The molecule has 1 N–H and O–H groups in total. The number of rotatable bonds is 7. The van der Waals surface area contributed by atoms with E-state index in [-0.39, 0.29) is 23.8 Å². The third kappa shape index (κ3) is 3.57. The Hall–Kier alpha value is -1.10. The van der Waals surface area contributed by atoms with Crippen LogP contribution < -0.4 is 5.32 Å². The average molecular weight is 298 g/mol. The summed E-state index contributed by atoms with van der Waals surface area (Å²) in [5.41, 5.74) is -0.803. The lowest BCUT2D eigenvalue weighted by atomic mass is 9.88. The van der Waals surface area contributed by atoms with Gasteiger partial charge in [0.15, 0.2) is 0 Å². The molecule has 21 heavy (non-hydrogen) atoms. The molecule has 1 aliphatic heterocycles. The number of hydrogen-bond donors (Lipinski definition) is 1. The Kier molecular flexibility index (Phi) is 6.20. The van der Waals surface area contributed by atoms with Gasteiger partial charge in [0.1, 0.15) is 11.6 Å². The van der Waals surface area contributed by atoms with Crippen molar-refractivity contribution in [2.24, 2.45) is 5.92 Å². The van der Waals surface area contributed by atoms with Gasteiger partial charge < -0.3 is 15.0 Å². The molecule has 5 nitrogen and oxygen atoms in total. The van der Waals surface area contributed by atoms with Crippen LogP contribution in [0, 0.1) is 5.92 Å². The highest BCUT2D eigenvalue weighted by molar-refractivity contribution is 5.99. The molecule has 5 heteroatoms. The number of hydrogen-bond acceptors (Lipinski definition) is 3. The summed E-state index contributed by atoms with van der Waals surface area (Å²) in [7, 11) is 0. The Balaban J connectivity index is 3.15. The minimum absolute atomic E-state index is 0.00912. The zero-order valence-electron chi connectivity index (χ0n) is 14.2. The van der Waals surface area contributed by atoms with Crippen LogP contribution in [0.5, 0.6) is 0 Å². The maximum Gasteiger partial charge on any atom is 0.249 e. The minimum Gasteiger partial charge on any atom is -0.380 e. The first-order valence-electron chi connectivity index (χ1n) is 8.04. The molecule has 1 fully saturated rings. The second-order valence-corrected chi connectivity index (χ2v) is 6.28. The maximum atomic E-state index is 13.0. The van der Waals surface area contributed by atoms with Crippen LogP contribution in [0.2, 0.25) is 0 Å². The van der Waals surface area contributed by atoms with Crippen molar-refractivity contribution in [3.05, 3.63) is 0 Å². The van der Waals surface area contributed by atoms with Gasteiger partial charge in [-0.15, -0.1) is 0 Å². The van der Waals surface area contributed by atoms with E-state index in [1.165, 1.54) is 0 Å². The van der Waals surface area contributed by atoms with Crippen molar-refractivity contribution >= 4 is 11.8 Å². The average Bonchev–Trinajstić information content (AvgIpc) is 2.44. The fourth-order valence-corrected chi connectivity index (χ4v) is 2.80. The van der Waals surface area contributed by atoms with Crippen LogP contribution in [0.1, 0.15) is 54.4 Å². The van der Waals surface area contributed by atoms with Gasteiger partial charge in [-0.3, -0.25) is 9.59 Å². The molecule has 122 valence electrons. The van der Waals surface area contributed by atoms with Crippen LogP contribution in [0.4, 0.5) is 0 Å². The smallest absolute Gasteiger partial charge is 0.249 e. The predicted octanol–water partition coefficient (Wildman–Crippen LogP) is 1.95. The van der Waals surface area contributed by atoms with E-state index in [9.17, 15) is 9.59 Å². The molecule has 0 aromatic carbocycles. The third-order valence-corrected chi connectivity index (χ3v) is 4.46. The normalized spacial score (nSPS) is 28.0. The first kappa shape index (κ1) is 18.0. The number of carbonyl (C=O) groups excluding carboxylic acids is 2. The molecule has 0 saturated carbocycles. The summed E-state index contributed by atoms with van der Waals surface area (Å²) in [6, 6.07) is -0.468. The zero-order chi connectivity index (χ0) is 16.2. The van der Waals surface area contributed by atoms with Gasteiger partial charge in [-0.1, -0.05) is 27.7 Å². The Morgan fingerprint density at radius 2 is 1.90 bits per heavy atom. The Morgan fingerprint density at radius 1 is 1.29 bits per heavy atom. The molecule has 0 aliphatic carbocycles. The first-order valence-corrected chi connectivity index (χ1v) is 8.04. The Labute approximate surface area is 128 Å². The largest absolute Gasteiger partial charge is 0.380 e. The van der Waals surface area contributed by atoms with Crippen molar-refractivity contribution < 1.29 is 14.3 Å². The summed E-state index contributed by atoms with van der Waals surface area (Å²) >= 11 is 0. The number of piperazine rings is 1. The molecular weight excluding hydrogens is 268 g/mol. The SMILES string of the molecule is CCOCC(C(C)C)N1C(=O)C(C)(CC)NC(=O)C1CC. The van der Waals surface area contributed by atoms with Gasteiger partial charge in [-0.2, -0.15) is 0 Å². The van der Waals surface area contributed by atoms with E-state index in [4.69, 9.17) is 4.74 Å². The topological polar surface area (TPSA) is 58.6 Å². The van der Waals surface area contributed by atoms with Crippen LogP contribution in [0.3, 0.4) is 0 Å². The van der Waals surface area contributed by atoms with E-state index in [2.05, 4.69) is 19.2 Å². The summed E-state index contributed by atoms with van der Waals surface area (Å²) in [6.07, 6.45) is 1.21. The lowest BCUT2D eigenvalue weighted by molar-refractivity contribution is -0.160. The highest BCUT2D eigenvalue weighted by atomic mass is 16.5. The summed E-state index contributed by atoms with van der Waals surface area (Å²) in [5.74, 6) is 0.194. The fraction of sp³-hybridized carbons (Fsp3) is 0.875. The molecule has 0 aromatic rings. The van der Waals surface area contributed by atoms with Crippen LogP contribution >= 0.6 is 0 Å². The summed E-state index contributed by atoms with van der Waals surface area (Å²) < 4.78 is 5.56. The Morgan fingerprint density at radius 3 is 2.33 bits per heavy atom. The van der Waals surface area contributed by atoms with Crippen LogP contribution in [-0.4, -0.2) is 47.6 Å². The summed E-state index contributed by atoms with van der Waals surface area (Å²) in [5, 5.41) is 2.90. The number of amides is 2. The molecule has 0 aromatic heterocycles. The van der Waals surface area contributed by atoms with E-state index in [0.29, 0.717) is 26.1 Å². The molecular formula is C16H30N2O3. The molecule has 1 heterocycles. The molecule has 1 saturated heterocycles. The molecule has 3 unspecified atom stereocenters. The predicted molar refractivity (Wildman–Crippen MR) is 82.9 cm³/mol. The van der Waals surface area contributed by atoms with Gasteiger partial charge in [0.2, 0.25) is 11.8 Å². The second kappa shape index (κ2) is 7.25. The van der Waals surface area contributed by atoms with Crippen molar-refractivity contribution in [3.63, 3.8) is 0 Å². The number of ether oxygens (including phenoxy) is 1. The lowest BCUT2D eigenvalue weighted by Gasteiger charge is -2.48. The van der Waals surface area contributed by atoms with Crippen LogP contribution in [-0.2, 0) is 14.3 Å². The lowest BCUT2D eigenvalue weighted by Crippen LogP contribution is -2.71. The van der Waals surface area contributed by atoms with E-state index in [1.807, 2.05) is 27.7 Å². The molecule has 0 radical (unpaired) electrons. The minimum atomic E-state index is -0.803. The van der Waals surface area contributed by atoms with Gasteiger partial charge in [-0.05, 0) is 32.6 Å². The van der Waals surface area contributed by atoms with E-state index in [0.717, 1.165) is 0 Å². The maximum absolute atomic E-state index is 13.0. The van der Waals surface area contributed by atoms with Crippen LogP contribution in [0.25, 0.3) is 0 Å². The third-order valence-electron chi connectivity index (χ3n) is 4.46. The van der Waals surface area contributed by atoms with Gasteiger partial charge in [-0.25, -0.2) is 0 Å². The molecule has 1 aliphatic rings. The van der Waals surface area contributed by atoms with Gasteiger partial charge >= 0.3 is 0 Å². The standard InChI is InChI=1S/C16H30N2O3/c1-7-12-14(19)17-16(6,8-2)15(20)18(12)13(11(4)5)10-21-9-3/h11-13H,7-10H2,1-6H3,(H,17,19). The molecule has 1 rings (SSSR count). The van der Waals surface area contributed by atoms with Gasteiger partial charge in [0.25, 0.3) is 0 Å². The van der Waals surface area contributed by atoms with E-state index >= 15 is 0 Å². The van der Waals surface area contributed by atoms with Crippen molar-refractivity contribution in [2.45, 2.75) is 72.0 Å². The number of carbonyl (C=O) groups is 2. The highest BCUT2D eigenvalue weighted by Gasteiger charge is 2.49. The fourth-order valence-electron chi connectivity index (χ4n) is 2.80. The number of nitrogens with one attached hydrogen (secondary N) is 1. The Bertz CT molecular complexity index is 384. The van der Waals surface area contributed by atoms with Crippen LogP contribution in [0.15, 0.2) is 0 Å². The monoisotopic (exact) mass is 298 g/mol. The van der Waals surface area contributed by atoms with Crippen molar-refractivity contribution in [1.82, 2.24) is 10.2 Å². The summed E-state index contributed by atoms with van der Waals surface area (Å²) in [4.78, 5) is 27.1. The molecule has 0 spiro atoms. The molecule has 2 amide bonds. The van der Waals surface area contributed by atoms with Crippen molar-refractivity contribution in [2.75, 3.05) is 13.2 Å². The zero-order valence-corrected chi connectivity index (χ0v) is 14.2. The first-order chi connectivity index (χ1) is 9.82. The van der Waals surface area contributed by atoms with Crippen molar-refractivity contribution in [1.29, 1.82) is 0 Å². The highest BCUT2D eigenvalue weighted by Crippen LogP contribution is 2.27. The number of nitrogens with zero attached hydrogens (tertiary/aromatic N) is 1. The second-order valence-electron chi connectivity index (χ2n) is 6.28. The van der Waals surface area contributed by atoms with E-state index < -0.39 is 11.6 Å². The molecule has 0 bridgehead atoms. The quantitative estimate of drug-likeness (QED) is 0.781. The van der Waals surface area contributed by atoms with E-state index in [1.54, 1.807) is 4.90 Å². The van der Waals surface area contributed by atoms with Crippen molar-refractivity contribution in [3.8, 4) is 0 Å². The summed E-state index contributed by atoms with van der Waals surface area (Å²) in [6.45, 7) is 12.8. The molecule has 3 atom stereocenters. The van der Waals surface area contributed by atoms with Gasteiger partial charge in [0, 0.05) is 6.61 Å².